The standard InChI is InChI=1S/C27H33ClN4O2S2/c1-5-8-13-32-25(34)24(26-31(7-3)22-17-19(28)9-12-23(22)35-26)36-27(32)29-21-11-10-20(16-18(21)4)30(6-2)14-15-33/h9-12,16-17,33H,5-8,13-15H2,1-4H3/b26-24-,29-27?. The summed E-state index contributed by atoms with van der Waals surface area (Å²) in [4.78, 5) is 26.6. The number of aryl methyl sites for hydroxylation is 1. The third-order valence-electron chi connectivity index (χ3n) is 6.29. The van der Waals surface area contributed by atoms with Crippen LogP contribution < -0.4 is 9.80 Å². The number of aliphatic hydroxyl groups excluding tert-OH is 1. The van der Waals surface area contributed by atoms with Gasteiger partial charge in [0.1, 0.15) is 9.93 Å². The van der Waals surface area contributed by atoms with E-state index in [1.54, 1.807) is 11.8 Å². The van der Waals surface area contributed by atoms with Crippen molar-refractivity contribution in [2.75, 3.05) is 42.6 Å². The number of likely N-dealkylation sites (N-methyl/N-ethyl adjacent to an activating group) is 1. The number of anilines is 2. The molecule has 0 saturated carbocycles. The number of aliphatic hydroxyl groups is 1. The highest BCUT2D eigenvalue weighted by Crippen LogP contribution is 2.51. The summed E-state index contributed by atoms with van der Waals surface area (Å²) in [5, 5.41) is 11.7. The second-order valence-corrected chi connectivity index (χ2v) is 11.1. The van der Waals surface area contributed by atoms with Gasteiger partial charge in [0.15, 0.2) is 5.17 Å². The fraction of sp³-hybridized carbons (Fsp3) is 0.407. The molecule has 0 radical (unpaired) electrons. The first-order valence-electron chi connectivity index (χ1n) is 12.5. The Kier molecular flexibility index (Phi) is 8.93. The maximum Gasteiger partial charge on any atom is 0.269 e. The zero-order chi connectivity index (χ0) is 25.8. The van der Waals surface area contributed by atoms with E-state index in [9.17, 15) is 9.90 Å². The molecule has 1 N–H and O–H groups in total. The average Bonchev–Trinajstić information content (AvgIpc) is 3.38. The van der Waals surface area contributed by atoms with Crippen molar-refractivity contribution in [2.24, 2.45) is 4.99 Å². The van der Waals surface area contributed by atoms with Crippen LogP contribution in [0.15, 0.2) is 56.2 Å². The molecule has 6 nitrogen and oxygen atoms in total. The van der Waals surface area contributed by atoms with Crippen LogP contribution in [0.3, 0.4) is 0 Å². The van der Waals surface area contributed by atoms with Gasteiger partial charge in [0.05, 0.1) is 18.0 Å². The largest absolute Gasteiger partial charge is 0.395 e. The van der Waals surface area contributed by atoms with E-state index < -0.39 is 0 Å². The van der Waals surface area contributed by atoms with Crippen LogP contribution in [0.1, 0.15) is 39.2 Å². The Morgan fingerprint density at radius 2 is 1.89 bits per heavy atom. The number of nitrogens with zero attached hydrogens (tertiary/aromatic N) is 4. The van der Waals surface area contributed by atoms with Gasteiger partial charge >= 0.3 is 0 Å². The molecule has 1 amide bonds. The van der Waals surface area contributed by atoms with Crippen LogP contribution in [0, 0.1) is 6.92 Å². The Balaban J connectivity index is 1.70. The number of hydrogen-bond acceptors (Lipinski definition) is 7. The van der Waals surface area contributed by atoms with Crippen LogP contribution in [-0.4, -0.2) is 53.9 Å². The molecule has 0 aromatic heterocycles. The summed E-state index contributed by atoms with van der Waals surface area (Å²) >= 11 is 9.37. The number of amidine groups is 1. The number of carbonyl (C=O) groups is 1. The van der Waals surface area contributed by atoms with Crippen LogP contribution in [0.5, 0.6) is 0 Å². The van der Waals surface area contributed by atoms with E-state index >= 15 is 0 Å². The summed E-state index contributed by atoms with van der Waals surface area (Å²) in [6.07, 6.45) is 1.91. The van der Waals surface area contributed by atoms with E-state index in [2.05, 4.69) is 36.6 Å². The molecule has 2 heterocycles. The molecule has 2 aromatic rings. The normalized spacial score (nSPS) is 18.5. The number of hydrogen-bond donors (Lipinski definition) is 1. The first-order valence-corrected chi connectivity index (χ1v) is 14.5. The summed E-state index contributed by atoms with van der Waals surface area (Å²) in [6.45, 7) is 11.3. The Morgan fingerprint density at radius 3 is 2.56 bits per heavy atom. The summed E-state index contributed by atoms with van der Waals surface area (Å²) in [6, 6.07) is 12.0. The number of amides is 1. The molecule has 2 aliphatic heterocycles. The van der Waals surface area contributed by atoms with E-state index in [1.165, 1.54) is 11.8 Å². The van der Waals surface area contributed by atoms with Gasteiger partial charge in [-0.25, -0.2) is 4.99 Å². The number of fused-ring (bicyclic) bond motifs is 1. The van der Waals surface area contributed by atoms with E-state index in [0.717, 1.165) is 68.6 Å². The molecule has 0 unspecified atom stereocenters. The van der Waals surface area contributed by atoms with Crippen LogP contribution in [0.25, 0.3) is 0 Å². The van der Waals surface area contributed by atoms with Crippen molar-refractivity contribution in [2.45, 2.75) is 45.4 Å². The molecular weight excluding hydrogens is 512 g/mol. The maximum absolute atomic E-state index is 13.7. The highest BCUT2D eigenvalue weighted by Gasteiger charge is 2.39. The second kappa shape index (κ2) is 11.9. The molecule has 4 rings (SSSR count). The predicted molar refractivity (Wildman–Crippen MR) is 155 cm³/mol. The van der Waals surface area contributed by atoms with Gasteiger partial charge in [-0.3, -0.25) is 9.69 Å². The van der Waals surface area contributed by atoms with Crippen molar-refractivity contribution in [3.8, 4) is 0 Å². The lowest BCUT2D eigenvalue weighted by Gasteiger charge is -2.22. The van der Waals surface area contributed by atoms with Gasteiger partial charge in [-0.1, -0.05) is 36.7 Å². The molecule has 0 bridgehead atoms. The number of unbranched alkanes of at least 4 members (excludes halogenated alkanes) is 1. The molecule has 1 saturated heterocycles. The zero-order valence-corrected chi connectivity index (χ0v) is 23.6. The van der Waals surface area contributed by atoms with Gasteiger partial charge < -0.3 is 14.9 Å². The molecule has 0 spiro atoms. The molecule has 2 aliphatic rings. The lowest BCUT2D eigenvalue weighted by Crippen LogP contribution is -2.30. The molecule has 2 aromatic carbocycles. The Bertz CT molecular complexity index is 1200. The third kappa shape index (κ3) is 5.42. The van der Waals surface area contributed by atoms with Crippen molar-refractivity contribution in [3.63, 3.8) is 0 Å². The van der Waals surface area contributed by atoms with Crippen molar-refractivity contribution in [1.29, 1.82) is 0 Å². The molecule has 1 fully saturated rings. The van der Waals surface area contributed by atoms with Crippen molar-refractivity contribution < 1.29 is 9.90 Å². The quantitative estimate of drug-likeness (QED) is 0.357. The smallest absolute Gasteiger partial charge is 0.269 e. The lowest BCUT2D eigenvalue weighted by atomic mass is 10.1. The number of carbonyl (C=O) groups excluding carboxylic acids is 1. The topological polar surface area (TPSA) is 59.4 Å². The van der Waals surface area contributed by atoms with Crippen LogP contribution in [0.4, 0.5) is 17.1 Å². The fourth-order valence-corrected chi connectivity index (χ4v) is 6.88. The lowest BCUT2D eigenvalue weighted by molar-refractivity contribution is -0.122. The summed E-state index contributed by atoms with van der Waals surface area (Å²) in [7, 11) is 0. The van der Waals surface area contributed by atoms with Gasteiger partial charge in [0.25, 0.3) is 5.91 Å². The highest BCUT2D eigenvalue weighted by atomic mass is 35.5. The summed E-state index contributed by atoms with van der Waals surface area (Å²) in [5.41, 5.74) is 3.99. The molecule has 36 heavy (non-hydrogen) atoms. The van der Waals surface area contributed by atoms with Crippen molar-refractivity contribution in [1.82, 2.24) is 4.90 Å². The summed E-state index contributed by atoms with van der Waals surface area (Å²) in [5.74, 6) is 0.0152. The second-order valence-electron chi connectivity index (χ2n) is 8.67. The molecule has 192 valence electrons. The highest BCUT2D eigenvalue weighted by molar-refractivity contribution is 8.19. The van der Waals surface area contributed by atoms with Gasteiger partial charge in [-0.05, 0) is 80.9 Å². The third-order valence-corrected chi connectivity index (χ3v) is 8.90. The SMILES string of the molecule is CCCCN1C(=O)/C(=C2/Sc3ccc(Cl)cc3N2CC)SC1=Nc1ccc(N(CC)CCO)cc1C. The van der Waals surface area contributed by atoms with E-state index in [0.29, 0.717) is 18.1 Å². The predicted octanol–water partition coefficient (Wildman–Crippen LogP) is 6.63. The molecule has 0 atom stereocenters. The summed E-state index contributed by atoms with van der Waals surface area (Å²) < 4.78 is 0. The monoisotopic (exact) mass is 544 g/mol. The van der Waals surface area contributed by atoms with Gasteiger partial charge in [0.2, 0.25) is 0 Å². The Morgan fingerprint density at radius 1 is 1.08 bits per heavy atom. The first kappa shape index (κ1) is 26.9. The van der Waals surface area contributed by atoms with E-state index in [-0.39, 0.29) is 12.5 Å². The minimum atomic E-state index is 0.0152. The van der Waals surface area contributed by atoms with E-state index in [1.807, 2.05) is 42.2 Å². The van der Waals surface area contributed by atoms with E-state index in [4.69, 9.17) is 16.6 Å². The van der Waals surface area contributed by atoms with Gasteiger partial charge in [0, 0.05) is 41.8 Å². The number of halogens is 1. The van der Waals surface area contributed by atoms with Crippen LogP contribution in [0.2, 0.25) is 5.02 Å². The minimum absolute atomic E-state index is 0.0152. The number of rotatable bonds is 9. The van der Waals surface area contributed by atoms with Crippen molar-refractivity contribution >= 4 is 63.3 Å². The first-order chi connectivity index (χ1) is 17.4. The fourth-order valence-electron chi connectivity index (χ4n) is 4.33. The number of benzene rings is 2. The Hall–Kier alpha value is -2.13. The van der Waals surface area contributed by atoms with Crippen LogP contribution >= 0.6 is 35.1 Å². The van der Waals surface area contributed by atoms with Crippen LogP contribution in [-0.2, 0) is 4.79 Å². The maximum atomic E-state index is 13.7. The van der Waals surface area contributed by atoms with Crippen molar-refractivity contribution in [3.05, 3.63) is 56.9 Å². The van der Waals surface area contributed by atoms with Gasteiger partial charge in [-0.15, -0.1) is 0 Å². The molecule has 9 heteroatoms. The zero-order valence-electron chi connectivity index (χ0n) is 21.3. The number of aliphatic imine (C=N–C) groups is 1. The minimum Gasteiger partial charge on any atom is -0.395 e. The average molecular weight is 545 g/mol. The Labute approximate surface area is 227 Å². The molecular formula is C27H33ClN4O2S2. The van der Waals surface area contributed by atoms with Gasteiger partial charge in [-0.2, -0.15) is 0 Å². The number of thioether (sulfide) groups is 2. The molecule has 0 aliphatic carbocycles.